The minimum atomic E-state index is -0.691. The molecule has 0 bridgehead atoms. The molecule has 3 atom stereocenters. The Balaban J connectivity index is 1.91. The number of aldehydes is 1. The summed E-state index contributed by atoms with van der Waals surface area (Å²) in [5, 5.41) is 4.99. The molecule has 3 rings (SSSR count). The Morgan fingerprint density at radius 3 is 2.87 bits per heavy atom. The van der Waals surface area contributed by atoms with Crippen molar-refractivity contribution in [1.82, 2.24) is 4.98 Å². The van der Waals surface area contributed by atoms with Crippen molar-refractivity contribution < 1.29 is 9.59 Å². The first kappa shape index (κ1) is 16.5. The van der Waals surface area contributed by atoms with Gasteiger partial charge in [-0.3, -0.25) is 4.79 Å². The zero-order valence-corrected chi connectivity index (χ0v) is 15.1. The van der Waals surface area contributed by atoms with E-state index in [1.165, 1.54) is 0 Å². The first-order valence-corrected chi connectivity index (χ1v) is 9.91. The molecule has 1 saturated carbocycles. The summed E-state index contributed by atoms with van der Waals surface area (Å²) in [7, 11) is 0. The summed E-state index contributed by atoms with van der Waals surface area (Å²) in [5.74, 6) is -0.0139. The van der Waals surface area contributed by atoms with Gasteiger partial charge in [-0.15, -0.1) is 11.3 Å². The van der Waals surface area contributed by atoms with E-state index in [0.717, 1.165) is 47.4 Å². The molecule has 2 aromatic rings. The van der Waals surface area contributed by atoms with E-state index in [1.807, 2.05) is 11.4 Å². The molecule has 23 heavy (non-hydrogen) atoms. The lowest BCUT2D eigenvalue weighted by Gasteiger charge is -2.14. The number of carbonyl (C=O) groups excluding carboxylic acids is 2. The van der Waals surface area contributed by atoms with E-state index in [-0.39, 0.29) is 11.7 Å². The van der Waals surface area contributed by atoms with Crippen LogP contribution in [0.3, 0.4) is 0 Å². The van der Waals surface area contributed by atoms with E-state index in [9.17, 15) is 9.59 Å². The standard InChI is InChI=1S/C18H21NO2S2/c1-3-15-16(19-18(23-15)13-6-7-22-10-13)14(9-20)17(21)12-5-4-11(2)8-12/h6-7,9-12,14H,3-5,8H2,1-2H3/t11-,12-,14?/m1/s1. The van der Waals surface area contributed by atoms with Gasteiger partial charge in [0.2, 0.25) is 0 Å². The van der Waals surface area contributed by atoms with Gasteiger partial charge in [0.25, 0.3) is 0 Å². The highest BCUT2D eigenvalue weighted by Gasteiger charge is 2.35. The molecule has 0 aliphatic heterocycles. The van der Waals surface area contributed by atoms with Gasteiger partial charge < -0.3 is 4.79 Å². The molecule has 1 aliphatic carbocycles. The average molecular weight is 348 g/mol. The van der Waals surface area contributed by atoms with Crippen LogP contribution < -0.4 is 0 Å². The molecule has 2 heterocycles. The molecule has 2 aromatic heterocycles. The maximum atomic E-state index is 12.8. The maximum Gasteiger partial charge on any atom is 0.152 e. The van der Waals surface area contributed by atoms with Gasteiger partial charge in [-0.1, -0.05) is 13.8 Å². The van der Waals surface area contributed by atoms with Gasteiger partial charge in [0.1, 0.15) is 17.2 Å². The quantitative estimate of drug-likeness (QED) is 0.561. The van der Waals surface area contributed by atoms with E-state index in [2.05, 4.69) is 24.2 Å². The smallest absolute Gasteiger partial charge is 0.152 e. The third-order valence-corrected chi connectivity index (χ3v) is 6.60. The lowest BCUT2D eigenvalue weighted by molar-refractivity contribution is -0.127. The summed E-state index contributed by atoms with van der Waals surface area (Å²) < 4.78 is 0. The second-order valence-corrected chi connectivity index (χ2v) is 8.19. The number of rotatable bonds is 6. The number of hydrogen-bond donors (Lipinski definition) is 0. The van der Waals surface area contributed by atoms with Crippen molar-refractivity contribution >= 4 is 34.7 Å². The van der Waals surface area contributed by atoms with E-state index in [1.54, 1.807) is 22.7 Å². The van der Waals surface area contributed by atoms with Crippen LogP contribution in [0.15, 0.2) is 16.8 Å². The first-order valence-electron chi connectivity index (χ1n) is 8.15. The molecule has 0 spiro atoms. The fraction of sp³-hybridized carbons (Fsp3) is 0.500. The fourth-order valence-electron chi connectivity index (χ4n) is 3.36. The number of aromatic nitrogens is 1. The van der Waals surface area contributed by atoms with Crippen LogP contribution in [0, 0.1) is 11.8 Å². The largest absolute Gasteiger partial charge is 0.302 e. The average Bonchev–Trinajstić information content (AvgIpc) is 3.27. The van der Waals surface area contributed by atoms with Crippen molar-refractivity contribution in [2.24, 2.45) is 11.8 Å². The maximum absolute atomic E-state index is 12.8. The van der Waals surface area contributed by atoms with Crippen LogP contribution in [0.1, 0.15) is 49.6 Å². The summed E-state index contributed by atoms with van der Waals surface area (Å²) in [6.07, 6.45) is 4.51. The first-order chi connectivity index (χ1) is 11.1. The monoisotopic (exact) mass is 347 g/mol. The number of ketones is 1. The van der Waals surface area contributed by atoms with Crippen molar-refractivity contribution in [3.63, 3.8) is 0 Å². The number of thiazole rings is 1. The molecular formula is C18H21NO2S2. The second kappa shape index (κ2) is 7.05. The number of nitrogens with zero attached hydrogens (tertiary/aromatic N) is 1. The minimum absolute atomic E-state index is 0.0243. The summed E-state index contributed by atoms with van der Waals surface area (Å²) >= 11 is 3.23. The van der Waals surface area contributed by atoms with E-state index >= 15 is 0 Å². The Kier molecular flexibility index (Phi) is 5.07. The molecule has 1 aliphatic rings. The SMILES string of the molecule is CCc1sc(-c2ccsc2)nc1C(C=O)C(=O)[C@@H]1CC[C@@H](C)C1. The summed E-state index contributed by atoms with van der Waals surface area (Å²) in [6, 6.07) is 2.03. The van der Waals surface area contributed by atoms with Gasteiger partial charge in [0.15, 0.2) is 5.78 Å². The van der Waals surface area contributed by atoms with Gasteiger partial charge in [0.05, 0.1) is 5.69 Å². The van der Waals surface area contributed by atoms with Gasteiger partial charge >= 0.3 is 0 Å². The number of Topliss-reactive ketones (excluding diaryl/α,β-unsaturated/α-hetero) is 1. The van der Waals surface area contributed by atoms with Crippen LogP contribution in [-0.4, -0.2) is 17.1 Å². The topological polar surface area (TPSA) is 47.0 Å². The Hall–Kier alpha value is -1.33. The Labute approximate surface area is 144 Å². The van der Waals surface area contributed by atoms with Crippen molar-refractivity contribution in [3.8, 4) is 10.6 Å². The predicted octanol–water partition coefficient (Wildman–Crippen LogP) is 4.72. The molecule has 122 valence electrons. The molecule has 1 fully saturated rings. The minimum Gasteiger partial charge on any atom is -0.302 e. The lowest BCUT2D eigenvalue weighted by atomic mass is 9.89. The van der Waals surface area contributed by atoms with E-state index in [4.69, 9.17) is 0 Å². The molecular weight excluding hydrogens is 326 g/mol. The van der Waals surface area contributed by atoms with Gasteiger partial charge in [-0.25, -0.2) is 4.98 Å². The third kappa shape index (κ3) is 3.31. The fourth-order valence-corrected chi connectivity index (χ4v) is 5.11. The molecule has 0 aromatic carbocycles. The van der Waals surface area contributed by atoms with Crippen LogP contribution in [-0.2, 0) is 16.0 Å². The molecule has 0 saturated heterocycles. The van der Waals surface area contributed by atoms with Crippen molar-refractivity contribution in [1.29, 1.82) is 0 Å². The highest BCUT2D eigenvalue weighted by molar-refractivity contribution is 7.15. The van der Waals surface area contributed by atoms with Crippen molar-refractivity contribution in [2.75, 3.05) is 0 Å². The van der Waals surface area contributed by atoms with E-state index < -0.39 is 5.92 Å². The zero-order valence-electron chi connectivity index (χ0n) is 13.5. The van der Waals surface area contributed by atoms with Crippen LogP contribution in [0.5, 0.6) is 0 Å². The molecule has 5 heteroatoms. The number of aryl methyl sites for hydroxylation is 1. The number of hydrogen-bond acceptors (Lipinski definition) is 5. The number of carbonyl (C=O) groups is 2. The highest BCUT2D eigenvalue weighted by Crippen LogP contribution is 2.37. The second-order valence-electron chi connectivity index (χ2n) is 6.32. The number of thiophene rings is 1. The molecule has 1 unspecified atom stereocenters. The highest BCUT2D eigenvalue weighted by atomic mass is 32.1. The zero-order chi connectivity index (χ0) is 16.4. The molecule has 3 nitrogen and oxygen atoms in total. The summed E-state index contributed by atoms with van der Waals surface area (Å²) in [4.78, 5) is 30.3. The molecule has 0 amide bonds. The van der Waals surface area contributed by atoms with Gasteiger partial charge in [0, 0.05) is 21.7 Å². The van der Waals surface area contributed by atoms with Gasteiger partial charge in [-0.05, 0) is 43.0 Å². The molecule has 0 radical (unpaired) electrons. The van der Waals surface area contributed by atoms with Crippen LogP contribution in [0.25, 0.3) is 10.6 Å². The Morgan fingerprint density at radius 2 is 2.30 bits per heavy atom. The Bertz CT molecular complexity index is 690. The van der Waals surface area contributed by atoms with Crippen LogP contribution in [0.2, 0.25) is 0 Å². The summed E-state index contributed by atoms with van der Waals surface area (Å²) in [5.41, 5.74) is 1.77. The lowest BCUT2D eigenvalue weighted by Crippen LogP contribution is -2.22. The third-order valence-electron chi connectivity index (χ3n) is 4.65. The summed E-state index contributed by atoms with van der Waals surface area (Å²) in [6.45, 7) is 4.23. The normalized spacial score (nSPS) is 22.2. The van der Waals surface area contributed by atoms with E-state index in [0.29, 0.717) is 11.6 Å². The van der Waals surface area contributed by atoms with Crippen molar-refractivity contribution in [2.45, 2.75) is 45.4 Å². The molecule has 0 N–H and O–H groups in total. The Morgan fingerprint density at radius 1 is 1.48 bits per heavy atom. The van der Waals surface area contributed by atoms with Crippen molar-refractivity contribution in [3.05, 3.63) is 27.4 Å². The predicted molar refractivity (Wildman–Crippen MR) is 95.1 cm³/mol. The van der Waals surface area contributed by atoms with Gasteiger partial charge in [-0.2, -0.15) is 11.3 Å². The van der Waals surface area contributed by atoms with Crippen LogP contribution >= 0.6 is 22.7 Å². The van der Waals surface area contributed by atoms with Crippen LogP contribution in [0.4, 0.5) is 0 Å².